The van der Waals surface area contributed by atoms with Gasteiger partial charge in [-0.3, -0.25) is 0 Å². The van der Waals surface area contributed by atoms with Gasteiger partial charge in [0.2, 0.25) is 0 Å². The lowest BCUT2D eigenvalue weighted by atomic mass is 9.90. The lowest BCUT2D eigenvalue weighted by Gasteiger charge is -2.10. The Balaban J connectivity index is 1.32. The Bertz CT molecular complexity index is 2050. The fourth-order valence-corrected chi connectivity index (χ4v) is 5.95. The summed E-state index contributed by atoms with van der Waals surface area (Å²) < 4.78 is 13.1. The molecule has 0 saturated heterocycles. The topological polar surface area (TPSA) is 26.3 Å². The molecule has 1 aliphatic carbocycles. The van der Waals surface area contributed by atoms with E-state index >= 15 is 0 Å². The van der Waals surface area contributed by atoms with E-state index in [1.54, 1.807) is 0 Å². The highest BCUT2D eigenvalue weighted by molar-refractivity contribution is 6.05. The molecule has 40 heavy (non-hydrogen) atoms. The quantitative estimate of drug-likeness (QED) is 0.234. The molecule has 8 rings (SSSR count). The molecule has 2 aromatic heterocycles. The van der Waals surface area contributed by atoms with E-state index in [2.05, 4.69) is 115 Å². The highest BCUT2D eigenvalue weighted by Crippen LogP contribution is 2.45. The molecule has 0 atom stereocenters. The smallest absolute Gasteiger partial charge is 0.145 e. The minimum Gasteiger partial charge on any atom is -0.455 e. The van der Waals surface area contributed by atoms with Gasteiger partial charge in [0.1, 0.15) is 22.7 Å². The number of hydrogen-bond donors (Lipinski definition) is 0. The highest BCUT2D eigenvalue weighted by Gasteiger charge is 2.25. The molecule has 2 heteroatoms. The molecule has 0 unspecified atom stereocenters. The lowest BCUT2D eigenvalue weighted by Crippen LogP contribution is -1.94. The van der Waals surface area contributed by atoms with E-state index in [9.17, 15) is 0 Å². The summed E-state index contributed by atoms with van der Waals surface area (Å²) in [7, 11) is 0. The van der Waals surface area contributed by atoms with E-state index in [-0.39, 0.29) is 0 Å². The fraction of sp³-hybridized carbons (Fsp3) is 0.0526. The summed E-state index contributed by atoms with van der Waals surface area (Å²) in [6, 6.07) is 44.4. The van der Waals surface area contributed by atoms with E-state index in [4.69, 9.17) is 8.83 Å². The second-order valence-electron chi connectivity index (χ2n) is 10.2. The van der Waals surface area contributed by atoms with Gasteiger partial charge < -0.3 is 8.83 Å². The lowest BCUT2D eigenvalue weighted by molar-refractivity contribution is 0.594. The van der Waals surface area contributed by atoms with E-state index in [1.165, 1.54) is 16.7 Å². The number of para-hydroxylation sites is 1. The van der Waals surface area contributed by atoms with Crippen molar-refractivity contribution in [3.63, 3.8) is 0 Å². The third-order valence-electron chi connectivity index (χ3n) is 7.83. The zero-order valence-corrected chi connectivity index (χ0v) is 21.8. The Morgan fingerprint density at radius 2 is 1.27 bits per heavy atom. The summed E-state index contributed by atoms with van der Waals surface area (Å²) in [6.07, 6.45) is 6.41. The van der Waals surface area contributed by atoms with Crippen molar-refractivity contribution in [1.29, 1.82) is 0 Å². The molecular formula is C38H24O2. The Kier molecular flexibility index (Phi) is 5.21. The van der Waals surface area contributed by atoms with Crippen molar-refractivity contribution in [2.45, 2.75) is 12.8 Å². The summed E-state index contributed by atoms with van der Waals surface area (Å²) in [4.78, 5) is 0. The molecule has 0 saturated carbocycles. The molecule has 0 N–H and O–H groups in total. The summed E-state index contributed by atoms with van der Waals surface area (Å²) in [5.74, 6) is 1.84. The van der Waals surface area contributed by atoms with Crippen LogP contribution in [-0.4, -0.2) is 0 Å². The minimum atomic E-state index is 0.812. The van der Waals surface area contributed by atoms with Gasteiger partial charge in [0.15, 0.2) is 0 Å². The third-order valence-corrected chi connectivity index (χ3v) is 7.83. The Hall–Kier alpha value is -5.26. The van der Waals surface area contributed by atoms with Gasteiger partial charge in [-0.15, -0.1) is 0 Å². The monoisotopic (exact) mass is 512 g/mol. The molecule has 5 aromatic carbocycles. The highest BCUT2D eigenvalue weighted by atomic mass is 16.3. The van der Waals surface area contributed by atoms with Gasteiger partial charge in [0, 0.05) is 38.8 Å². The predicted molar refractivity (Wildman–Crippen MR) is 163 cm³/mol. The number of rotatable bonds is 4. The molecule has 2 heterocycles. The normalized spacial score (nSPS) is 12.5. The standard InChI is InChI=1S/C38H24O2/c1-2-12-25(13-3-1)27-14-4-6-17-31(27)37-33-19-8-9-20-34(33)38(40-37)32-18-7-5-15-28(32)26-22-23-30-29-16-10-11-21-35(29)39-36(30)24-26/h1-8,10-19,21,24H,9,20H2. The third kappa shape index (κ3) is 3.60. The van der Waals surface area contributed by atoms with Crippen molar-refractivity contribution in [3.8, 4) is 44.9 Å². The van der Waals surface area contributed by atoms with Gasteiger partial charge in [-0.05, 0) is 42.2 Å². The second kappa shape index (κ2) is 9.19. The van der Waals surface area contributed by atoms with Crippen molar-refractivity contribution < 1.29 is 8.83 Å². The van der Waals surface area contributed by atoms with Crippen molar-refractivity contribution in [1.82, 2.24) is 0 Å². The minimum absolute atomic E-state index is 0.812. The average Bonchev–Trinajstić information content (AvgIpc) is 3.60. The zero-order valence-electron chi connectivity index (χ0n) is 21.8. The molecule has 0 fully saturated rings. The van der Waals surface area contributed by atoms with Gasteiger partial charge in [-0.1, -0.05) is 115 Å². The molecule has 0 spiro atoms. The van der Waals surface area contributed by atoms with Crippen LogP contribution in [0.3, 0.4) is 0 Å². The van der Waals surface area contributed by atoms with Gasteiger partial charge in [-0.2, -0.15) is 0 Å². The maximum absolute atomic E-state index is 6.90. The number of allylic oxidation sites excluding steroid dienone is 1. The molecule has 1 aliphatic rings. The second-order valence-corrected chi connectivity index (χ2v) is 10.2. The number of fused-ring (bicyclic) bond motifs is 4. The summed E-state index contributed by atoms with van der Waals surface area (Å²) >= 11 is 0. The number of hydrogen-bond acceptors (Lipinski definition) is 2. The largest absolute Gasteiger partial charge is 0.455 e. The van der Waals surface area contributed by atoms with Crippen molar-refractivity contribution in [2.24, 2.45) is 0 Å². The molecule has 0 bridgehead atoms. The van der Waals surface area contributed by atoms with Crippen LogP contribution in [0.25, 0.3) is 72.9 Å². The first-order chi connectivity index (χ1) is 19.8. The maximum atomic E-state index is 6.90. The van der Waals surface area contributed by atoms with Crippen LogP contribution >= 0.6 is 0 Å². The van der Waals surface area contributed by atoms with Crippen LogP contribution in [0.2, 0.25) is 0 Å². The van der Waals surface area contributed by atoms with Crippen LogP contribution in [0, 0.1) is 12.1 Å². The van der Waals surface area contributed by atoms with Crippen LogP contribution in [0.5, 0.6) is 0 Å². The number of furan rings is 2. The molecule has 7 aromatic rings. The van der Waals surface area contributed by atoms with E-state index < -0.39 is 0 Å². The van der Waals surface area contributed by atoms with Crippen LogP contribution in [0.4, 0.5) is 0 Å². The van der Waals surface area contributed by atoms with Gasteiger partial charge >= 0.3 is 0 Å². The Morgan fingerprint density at radius 1 is 0.575 bits per heavy atom. The van der Waals surface area contributed by atoms with Crippen molar-refractivity contribution in [3.05, 3.63) is 139 Å². The van der Waals surface area contributed by atoms with Crippen LogP contribution in [0.1, 0.15) is 17.5 Å². The molecule has 0 aliphatic heterocycles. The van der Waals surface area contributed by atoms with Crippen molar-refractivity contribution in [2.75, 3.05) is 0 Å². The fourth-order valence-electron chi connectivity index (χ4n) is 5.95. The maximum Gasteiger partial charge on any atom is 0.145 e. The number of benzene rings is 4. The average molecular weight is 513 g/mol. The first-order valence-electron chi connectivity index (χ1n) is 13.7. The van der Waals surface area contributed by atoms with Gasteiger partial charge in [0.05, 0.1) is 5.39 Å². The van der Waals surface area contributed by atoms with E-state index in [0.29, 0.717) is 0 Å². The molecule has 2 nitrogen and oxygen atoms in total. The molecular weight excluding hydrogens is 488 g/mol. The summed E-state index contributed by atoms with van der Waals surface area (Å²) in [5.41, 5.74) is 10.6. The van der Waals surface area contributed by atoms with Crippen LogP contribution in [-0.2, 0) is 6.42 Å². The Morgan fingerprint density at radius 3 is 2.12 bits per heavy atom. The van der Waals surface area contributed by atoms with Crippen LogP contribution in [0.15, 0.2) is 124 Å². The van der Waals surface area contributed by atoms with Gasteiger partial charge in [0.25, 0.3) is 0 Å². The Labute approximate surface area is 232 Å². The first-order valence-corrected chi connectivity index (χ1v) is 13.7. The van der Waals surface area contributed by atoms with Gasteiger partial charge in [-0.25, -0.2) is 0 Å². The van der Waals surface area contributed by atoms with E-state index in [1.807, 2.05) is 18.2 Å². The van der Waals surface area contributed by atoms with E-state index in [0.717, 1.165) is 74.1 Å². The summed E-state index contributed by atoms with van der Waals surface area (Å²) in [5, 5.41) is 2.01. The predicted octanol–water partition coefficient (Wildman–Crippen LogP) is 10.4. The SMILES string of the molecule is c1c(-c2ccccc2-c2oc(-c3ccccc3-c3ccccc3)c3c2CCC=C3)cc2oc3ccccc3c2c#1. The van der Waals surface area contributed by atoms with Crippen molar-refractivity contribution >= 4 is 28.0 Å². The zero-order chi connectivity index (χ0) is 26.5. The molecule has 188 valence electrons. The molecule has 0 radical (unpaired) electrons. The summed E-state index contributed by atoms with van der Waals surface area (Å²) in [6.45, 7) is 0. The van der Waals surface area contributed by atoms with Crippen LogP contribution < -0.4 is 0 Å². The first kappa shape index (κ1) is 22.7. The molecule has 0 amide bonds.